The number of benzene rings is 1. The lowest BCUT2D eigenvalue weighted by Gasteiger charge is -2.37. The number of primary amides is 1. The summed E-state index contributed by atoms with van der Waals surface area (Å²) < 4.78 is 0. The summed E-state index contributed by atoms with van der Waals surface area (Å²) in [7, 11) is 0. The first kappa shape index (κ1) is 13.1. The zero-order chi connectivity index (χ0) is 13.0. The van der Waals surface area contributed by atoms with E-state index in [1.54, 1.807) is 6.07 Å². The van der Waals surface area contributed by atoms with E-state index in [-0.39, 0.29) is 6.61 Å². The second kappa shape index (κ2) is 5.98. The lowest BCUT2D eigenvalue weighted by Crippen LogP contribution is -2.41. The predicted octanol–water partition coefficient (Wildman–Crippen LogP) is 1.13. The topological polar surface area (TPSA) is 66.6 Å². The number of hydrogen-bond donors (Lipinski definition) is 2. The van der Waals surface area contributed by atoms with E-state index in [0.29, 0.717) is 18.2 Å². The minimum absolute atomic E-state index is 0.173. The van der Waals surface area contributed by atoms with Gasteiger partial charge in [0.05, 0.1) is 6.61 Å². The Labute approximate surface area is 107 Å². The van der Waals surface area contributed by atoms with Crippen molar-refractivity contribution in [2.75, 3.05) is 13.2 Å². The molecule has 2 rings (SSSR count). The normalized spacial score (nSPS) is 15.7. The molecule has 0 unspecified atom stereocenters. The molecular formula is C14H20N2O2. The molecule has 1 aromatic rings. The van der Waals surface area contributed by atoms with Crippen LogP contribution < -0.4 is 5.73 Å². The van der Waals surface area contributed by atoms with Crippen molar-refractivity contribution >= 4 is 5.91 Å². The summed E-state index contributed by atoms with van der Waals surface area (Å²) in [5.74, 6) is -0.394. The first-order valence-electron chi connectivity index (χ1n) is 6.44. The molecule has 18 heavy (non-hydrogen) atoms. The third-order valence-electron chi connectivity index (χ3n) is 3.58. The van der Waals surface area contributed by atoms with Crippen molar-refractivity contribution in [3.63, 3.8) is 0 Å². The molecule has 1 amide bonds. The van der Waals surface area contributed by atoms with E-state index < -0.39 is 5.91 Å². The summed E-state index contributed by atoms with van der Waals surface area (Å²) >= 11 is 0. The van der Waals surface area contributed by atoms with Gasteiger partial charge in [-0.2, -0.15) is 0 Å². The predicted molar refractivity (Wildman–Crippen MR) is 70.1 cm³/mol. The Balaban J connectivity index is 2.05. The largest absolute Gasteiger partial charge is 0.395 e. The molecule has 1 aromatic carbocycles. The fraction of sp³-hybridized carbons (Fsp3) is 0.500. The number of amides is 1. The number of hydrogen-bond acceptors (Lipinski definition) is 3. The summed E-state index contributed by atoms with van der Waals surface area (Å²) in [5.41, 5.74) is 6.90. The molecule has 0 aromatic heterocycles. The molecule has 4 heteroatoms. The van der Waals surface area contributed by atoms with Gasteiger partial charge in [-0.05, 0) is 30.5 Å². The number of aliphatic hydroxyl groups is 1. The Morgan fingerprint density at radius 2 is 2.22 bits per heavy atom. The fourth-order valence-corrected chi connectivity index (χ4v) is 2.33. The van der Waals surface area contributed by atoms with Crippen LogP contribution in [0.5, 0.6) is 0 Å². The third-order valence-corrected chi connectivity index (χ3v) is 3.58. The van der Waals surface area contributed by atoms with Gasteiger partial charge in [0, 0.05) is 24.7 Å². The maximum atomic E-state index is 11.1. The second-order valence-corrected chi connectivity index (χ2v) is 4.84. The highest BCUT2D eigenvalue weighted by atomic mass is 16.3. The number of carbonyl (C=O) groups is 1. The van der Waals surface area contributed by atoms with Gasteiger partial charge in [-0.1, -0.05) is 18.6 Å². The van der Waals surface area contributed by atoms with Gasteiger partial charge in [0.1, 0.15) is 0 Å². The number of nitrogens with zero attached hydrogens (tertiary/aromatic N) is 1. The molecular weight excluding hydrogens is 228 g/mol. The van der Waals surface area contributed by atoms with Crippen LogP contribution in [0.25, 0.3) is 0 Å². The van der Waals surface area contributed by atoms with Crippen molar-refractivity contribution in [1.29, 1.82) is 0 Å². The van der Waals surface area contributed by atoms with Crippen LogP contribution in [0.15, 0.2) is 24.3 Å². The average Bonchev–Trinajstić information content (AvgIpc) is 2.27. The van der Waals surface area contributed by atoms with Gasteiger partial charge in [0.25, 0.3) is 0 Å². The summed E-state index contributed by atoms with van der Waals surface area (Å²) in [6.45, 7) is 1.63. The minimum Gasteiger partial charge on any atom is -0.395 e. The SMILES string of the molecule is NC(=O)c1cccc(CN(CCO)C2CCC2)c1. The van der Waals surface area contributed by atoms with E-state index in [1.807, 2.05) is 18.2 Å². The zero-order valence-electron chi connectivity index (χ0n) is 10.5. The monoisotopic (exact) mass is 248 g/mol. The van der Waals surface area contributed by atoms with Gasteiger partial charge in [0.2, 0.25) is 5.91 Å². The maximum absolute atomic E-state index is 11.1. The van der Waals surface area contributed by atoms with Crippen molar-refractivity contribution in [2.45, 2.75) is 31.8 Å². The average molecular weight is 248 g/mol. The van der Waals surface area contributed by atoms with Gasteiger partial charge >= 0.3 is 0 Å². The van der Waals surface area contributed by atoms with E-state index in [4.69, 9.17) is 10.8 Å². The van der Waals surface area contributed by atoms with Crippen molar-refractivity contribution < 1.29 is 9.90 Å². The molecule has 0 atom stereocenters. The molecule has 1 saturated carbocycles. The van der Waals surface area contributed by atoms with Crippen molar-refractivity contribution in [3.8, 4) is 0 Å². The van der Waals surface area contributed by atoms with E-state index in [0.717, 1.165) is 12.1 Å². The van der Waals surface area contributed by atoms with Gasteiger partial charge in [0.15, 0.2) is 0 Å². The number of carbonyl (C=O) groups excluding carboxylic acids is 1. The van der Waals surface area contributed by atoms with Crippen molar-refractivity contribution in [3.05, 3.63) is 35.4 Å². The summed E-state index contributed by atoms with van der Waals surface area (Å²) in [6, 6.07) is 7.99. The van der Waals surface area contributed by atoms with Crippen LogP contribution in [0.1, 0.15) is 35.2 Å². The molecule has 3 N–H and O–H groups in total. The second-order valence-electron chi connectivity index (χ2n) is 4.84. The molecule has 1 fully saturated rings. The molecule has 0 radical (unpaired) electrons. The lowest BCUT2D eigenvalue weighted by molar-refractivity contribution is 0.0943. The minimum atomic E-state index is -0.394. The van der Waals surface area contributed by atoms with Crippen LogP contribution in [-0.2, 0) is 6.54 Å². The standard InChI is InChI=1S/C14H20N2O2/c15-14(18)12-4-1-3-11(9-12)10-16(7-8-17)13-5-2-6-13/h1,3-4,9,13,17H,2,5-8,10H2,(H2,15,18). The Morgan fingerprint density at radius 1 is 1.44 bits per heavy atom. The molecule has 4 nitrogen and oxygen atoms in total. The van der Waals surface area contributed by atoms with E-state index in [1.165, 1.54) is 19.3 Å². The molecule has 0 aliphatic heterocycles. The van der Waals surface area contributed by atoms with E-state index in [9.17, 15) is 4.79 Å². The highest BCUT2D eigenvalue weighted by Crippen LogP contribution is 2.26. The van der Waals surface area contributed by atoms with Crippen LogP contribution in [0.2, 0.25) is 0 Å². The molecule has 0 saturated heterocycles. The van der Waals surface area contributed by atoms with Crippen LogP contribution in [0.3, 0.4) is 0 Å². The highest BCUT2D eigenvalue weighted by Gasteiger charge is 2.24. The summed E-state index contributed by atoms with van der Waals surface area (Å²) in [5, 5.41) is 9.11. The number of rotatable bonds is 6. The van der Waals surface area contributed by atoms with Gasteiger partial charge in [-0.3, -0.25) is 9.69 Å². The molecule has 0 spiro atoms. The van der Waals surface area contributed by atoms with Gasteiger partial charge in [-0.25, -0.2) is 0 Å². The van der Waals surface area contributed by atoms with Gasteiger partial charge < -0.3 is 10.8 Å². The lowest BCUT2D eigenvalue weighted by atomic mass is 9.91. The molecule has 0 bridgehead atoms. The maximum Gasteiger partial charge on any atom is 0.248 e. The summed E-state index contributed by atoms with van der Waals surface area (Å²) in [6.07, 6.45) is 3.68. The zero-order valence-corrected chi connectivity index (χ0v) is 10.5. The molecule has 1 aliphatic carbocycles. The first-order chi connectivity index (χ1) is 8.70. The van der Waals surface area contributed by atoms with Crippen LogP contribution in [-0.4, -0.2) is 35.1 Å². The number of nitrogens with two attached hydrogens (primary N) is 1. The van der Waals surface area contributed by atoms with E-state index in [2.05, 4.69) is 4.90 Å². The smallest absolute Gasteiger partial charge is 0.248 e. The Morgan fingerprint density at radius 3 is 2.78 bits per heavy atom. The molecule has 98 valence electrons. The fourth-order valence-electron chi connectivity index (χ4n) is 2.33. The van der Waals surface area contributed by atoms with Crippen LogP contribution >= 0.6 is 0 Å². The van der Waals surface area contributed by atoms with Crippen molar-refractivity contribution in [2.24, 2.45) is 5.73 Å². The van der Waals surface area contributed by atoms with E-state index >= 15 is 0 Å². The molecule has 0 heterocycles. The van der Waals surface area contributed by atoms with Crippen LogP contribution in [0.4, 0.5) is 0 Å². The summed E-state index contributed by atoms with van der Waals surface area (Å²) in [4.78, 5) is 13.4. The third kappa shape index (κ3) is 3.09. The van der Waals surface area contributed by atoms with Crippen LogP contribution in [0, 0.1) is 0 Å². The Bertz CT molecular complexity index is 416. The quantitative estimate of drug-likeness (QED) is 0.793. The number of aliphatic hydroxyl groups excluding tert-OH is 1. The highest BCUT2D eigenvalue weighted by molar-refractivity contribution is 5.92. The van der Waals surface area contributed by atoms with Gasteiger partial charge in [-0.15, -0.1) is 0 Å². The molecule has 1 aliphatic rings. The van der Waals surface area contributed by atoms with Crippen molar-refractivity contribution in [1.82, 2.24) is 4.90 Å². The Hall–Kier alpha value is -1.39. The first-order valence-corrected chi connectivity index (χ1v) is 6.44. The Kier molecular flexibility index (Phi) is 4.33.